The lowest BCUT2D eigenvalue weighted by Crippen LogP contribution is -2.45. The average molecular weight is 541 g/mol. The van der Waals surface area contributed by atoms with Crippen LogP contribution in [0.25, 0.3) is 0 Å². The Balaban J connectivity index is 0.000000360. The molecule has 0 aromatic carbocycles. The molecule has 36 heavy (non-hydrogen) atoms. The molecule has 0 fully saturated rings. The first kappa shape index (κ1) is 33.2. The second-order valence-electron chi connectivity index (χ2n) is 8.62. The van der Waals surface area contributed by atoms with Crippen molar-refractivity contribution in [2.45, 2.75) is 79.3 Å². The van der Waals surface area contributed by atoms with Crippen molar-refractivity contribution in [2.24, 2.45) is 11.8 Å². The maximum absolute atomic E-state index is 5.83. The summed E-state index contributed by atoms with van der Waals surface area (Å²) in [5.74, 6) is 1.17. The lowest BCUT2D eigenvalue weighted by atomic mass is 10.1. The highest BCUT2D eigenvalue weighted by atomic mass is 28.4. The Morgan fingerprint density at radius 2 is 0.694 bits per heavy atom. The van der Waals surface area contributed by atoms with Crippen molar-refractivity contribution >= 4 is 17.6 Å². The van der Waals surface area contributed by atoms with Gasteiger partial charge in [-0.15, -0.1) is 0 Å². The van der Waals surface area contributed by atoms with Crippen LogP contribution in [-0.2, 0) is 26.6 Å². The van der Waals surface area contributed by atoms with Gasteiger partial charge in [0, 0.05) is 51.7 Å². The maximum Gasteiger partial charge on any atom is 0.500 e. The molecule has 0 aromatic heterocycles. The lowest BCUT2D eigenvalue weighted by molar-refractivity contribution is 0.0697. The van der Waals surface area contributed by atoms with Gasteiger partial charge in [0.15, 0.2) is 0 Å². The van der Waals surface area contributed by atoms with E-state index in [2.05, 4.69) is 48.6 Å². The number of hydrogen-bond acceptors (Lipinski definition) is 6. The fourth-order valence-electron chi connectivity index (χ4n) is 4.45. The van der Waals surface area contributed by atoms with Gasteiger partial charge in [-0.1, -0.05) is 48.6 Å². The van der Waals surface area contributed by atoms with Crippen LogP contribution in [0.4, 0.5) is 0 Å². The highest BCUT2D eigenvalue weighted by Gasteiger charge is 2.40. The molecule has 2 aliphatic rings. The predicted molar refractivity (Wildman–Crippen MR) is 153 cm³/mol. The molecule has 208 valence electrons. The third-order valence-electron chi connectivity index (χ3n) is 5.88. The standard InChI is InChI=1S/2C14H26O3Si/c2*1-4-15-18(16-5-2,17-6-3)13-9-12-14-10-7-8-11-14/h2*7-8,10-11,14H,4-6,9,12-13H2,1-3H3. The van der Waals surface area contributed by atoms with Gasteiger partial charge in [0.2, 0.25) is 0 Å². The number of rotatable bonds is 20. The van der Waals surface area contributed by atoms with Gasteiger partial charge in [0.1, 0.15) is 0 Å². The summed E-state index contributed by atoms with van der Waals surface area (Å²) in [7, 11) is -4.83. The van der Waals surface area contributed by atoms with Crippen LogP contribution >= 0.6 is 0 Å². The molecule has 0 aromatic rings. The summed E-state index contributed by atoms with van der Waals surface area (Å²) in [5, 5.41) is 0. The molecule has 2 aliphatic carbocycles. The van der Waals surface area contributed by atoms with Crippen LogP contribution < -0.4 is 0 Å². The normalized spacial score (nSPS) is 15.7. The molecule has 0 saturated carbocycles. The Morgan fingerprint density at radius 1 is 0.444 bits per heavy atom. The SMILES string of the molecule is CCO[Si](CCCC1C=CC=C1)(OCC)OCC.CCO[Si](CCCC1C=CC=C1)(OCC)OCC. The van der Waals surface area contributed by atoms with Crippen molar-refractivity contribution in [1.82, 2.24) is 0 Å². The zero-order valence-corrected chi connectivity index (χ0v) is 25.7. The molecular weight excluding hydrogens is 488 g/mol. The maximum atomic E-state index is 5.83. The van der Waals surface area contributed by atoms with Crippen molar-refractivity contribution in [3.05, 3.63) is 48.6 Å². The summed E-state index contributed by atoms with van der Waals surface area (Å²) in [5.41, 5.74) is 0. The second-order valence-corrected chi connectivity index (χ2v) is 14.1. The molecule has 0 unspecified atom stereocenters. The fourth-order valence-corrected chi connectivity index (χ4v) is 9.73. The third kappa shape index (κ3) is 13.1. The molecule has 0 heterocycles. The quantitative estimate of drug-likeness (QED) is 0.153. The van der Waals surface area contributed by atoms with E-state index >= 15 is 0 Å². The van der Waals surface area contributed by atoms with Gasteiger partial charge in [-0.05, 0) is 79.1 Å². The summed E-state index contributed by atoms with van der Waals surface area (Å²) < 4.78 is 35.0. The van der Waals surface area contributed by atoms with E-state index < -0.39 is 17.6 Å². The molecule has 2 rings (SSSR count). The fraction of sp³-hybridized carbons (Fsp3) is 0.714. The minimum Gasteiger partial charge on any atom is -0.374 e. The van der Waals surface area contributed by atoms with Crippen LogP contribution in [0.5, 0.6) is 0 Å². The Hall–Kier alpha value is -0.846. The zero-order chi connectivity index (χ0) is 26.5. The van der Waals surface area contributed by atoms with E-state index in [1.807, 2.05) is 41.5 Å². The van der Waals surface area contributed by atoms with Crippen molar-refractivity contribution in [1.29, 1.82) is 0 Å². The molecule has 6 nitrogen and oxygen atoms in total. The van der Waals surface area contributed by atoms with E-state index in [1.54, 1.807) is 0 Å². The van der Waals surface area contributed by atoms with Crippen LogP contribution in [0, 0.1) is 11.8 Å². The van der Waals surface area contributed by atoms with Gasteiger partial charge in [0.05, 0.1) is 0 Å². The van der Waals surface area contributed by atoms with Crippen LogP contribution in [0.1, 0.15) is 67.2 Å². The predicted octanol–water partition coefficient (Wildman–Crippen LogP) is 7.11. The van der Waals surface area contributed by atoms with Gasteiger partial charge in [-0.2, -0.15) is 0 Å². The van der Waals surface area contributed by atoms with Gasteiger partial charge in [-0.3, -0.25) is 0 Å². The van der Waals surface area contributed by atoms with E-state index in [1.165, 1.54) is 0 Å². The lowest BCUT2D eigenvalue weighted by Gasteiger charge is -2.28. The smallest absolute Gasteiger partial charge is 0.374 e. The second kappa shape index (κ2) is 20.2. The van der Waals surface area contributed by atoms with Gasteiger partial charge in [0.25, 0.3) is 0 Å². The van der Waals surface area contributed by atoms with E-state index in [-0.39, 0.29) is 0 Å². The minimum atomic E-state index is -2.42. The van der Waals surface area contributed by atoms with Crippen LogP contribution in [0.3, 0.4) is 0 Å². The molecule has 0 spiro atoms. The third-order valence-corrected chi connectivity index (χ3v) is 12.2. The molecule has 0 bridgehead atoms. The van der Waals surface area contributed by atoms with E-state index in [9.17, 15) is 0 Å². The zero-order valence-electron chi connectivity index (χ0n) is 23.7. The Morgan fingerprint density at radius 3 is 0.917 bits per heavy atom. The average Bonchev–Trinajstić information content (AvgIpc) is 3.55. The highest BCUT2D eigenvalue weighted by molar-refractivity contribution is 6.61. The summed E-state index contributed by atoms with van der Waals surface area (Å²) in [6, 6.07) is 1.83. The Labute approximate surface area is 223 Å². The van der Waals surface area contributed by atoms with Crippen molar-refractivity contribution in [3.63, 3.8) is 0 Å². The highest BCUT2D eigenvalue weighted by Crippen LogP contribution is 2.24. The summed E-state index contributed by atoms with van der Waals surface area (Å²) in [6.45, 7) is 16.0. The summed E-state index contributed by atoms with van der Waals surface area (Å²) in [6.07, 6.45) is 21.9. The van der Waals surface area contributed by atoms with E-state index in [0.29, 0.717) is 51.5 Å². The van der Waals surface area contributed by atoms with Gasteiger partial charge < -0.3 is 26.6 Å². The minimum absolute atomic E-state index is 0.585. The summed E-state index contributed by atoms with van der Waals surface area (Å²) in [4.78, 5) is 0. The van der Waals surface area contributed by atoms with Crippen LogP contribution in [-0.4, -0.2) is 57.3 Å². The first-order chi connectivity index (χ1) is 17.5. The summed E-state index contributed by atoms with van der Waals surface area (Å²) >= 11 is 0. The van der Waals surface area contributed by atoms with Crippen LogP contribution in [0.2, 0.25) is 12.1 Å². The molecule has 0 aliphatic heterocycles. The van der Waals surface area contributed by atoms with Crippen LogP contribution in [0.15, 0.2) is 48.6 Å². The van der Waals surface area contributed by atoms with Gasteiger partial charge >= 0.3 is 17.6 Å². The van der Waals surface area contributed by atoms with Gasteiger partial charge in [-0.25, -0.2) is 0 Å². The monoisotopic (exact) mass is 540 g/mol. The van der Waals surface area contributed by atoms with Crippen molar-refractivity contribution in [2.75, 3.05) is 39.6 Å². The first-order valence-corrected chi connectivity index (χ1v) is 17.9. The molecule has 0 saturated heterocycles. The molecule has 0 amide bonds. The topological polar surface area (TPSA) is 55.4 Å². The first-order valence-electron chi connectivity index (χ1n) is 14.1. The Kier molecular flexibility index (Phi) is 18.6. The van der Waals surface area contributed by atoms with E-state index in [0.717, 1.165) is 37.8 Å². The molecule has 8 heteroatoms. The van der Waals surface area contributed by atoms with E-state index in [4.69, 9.17) is 26.6 Å². The molecular formula is C28H52O6Si2. The number of allylic oxidation sites excluding steroid dienone is 8. The molecule has 0 atom stereocenters. The molecule has 0 radical (unpaired) electrons. The molecule has 0 N–H and O–H groups in total. The van der Waals surface area contributed by atoms with Crippen molar-refractivity contribution < 1.29 is 26.6 Å². The Bertz CT molecular complexity index is 550. The van der Waals surface area contributed by atoms with Crippen molar-refractivity contribution in [3.8, 4) is 0 Å². The largest absolute Gasteiger partial charge is 0.500 e. The number of hydrogen-bond donors (Lipinski definition) is 0.